The van der Waals surface area contributed by atoms with Crippen LogP contribution in [0.4, 0.5) is 5.69 Å². The number of rotatable bonds is 9. The molecule has 9 nitrogen and oxygen atoms in total. The molecule has 0 aliphatic carbocycles. The van der Waals surface area contributed by atoms with E-state index in [1.807, 2.05) is 11.8 Å². The highest BCUT2D eigenvalue weighted by molar-refractivity contribution is 5.96. The molecule has 2 heterocycles. The van der Waals surface area contributed by atoms with Gasteiger partial charge < -0.3 is 19.1 Å². The average molecular weight is 411 g/mol. The zero-order chi connectivity index (χ0) is 21.5. The SMILES string of the molecule is CCCN(CC(=O)Nc1ccc(C(=O)N(C)C)cc1)Cc1nnc(-c2ccco2)o1. The van der Waals surface area contributed by atoms with Crippen molar-refractivity contribution in [2.24, 2.45) is 0 Å². The van der Waals surface area contributed by atoms with E-state index in [9.17, 15) is 9.59 Å². The van der Waals surface area contributed by atoms with Crippen LogP contribution in [-0.4, -0.2) is 59.0 Å². The van der Waals surface area contributed by atoms with Gasteiger partial charge in [0.1, 0.15) is 0 Å². The third-order valence-electron chi connectivity index (χ3n) is 4.29. The van der Waals surface area contributed by atoms with Crippen molar-refractivity contribution in [1.82, 2.24) is 20.0 Å². The van der Waals surface area contributed by atoms with E-state index in [4.69, 9.17) is 8.83 Å². The Hall–Kier alpha value is -3.46. The topological polar surface area (TPSA) is 105 Å². The first-order valence-electron chi connectivity index (χ1n) is 9.66. The van der Waals surface area contributed by atoms with Crippen molar-refractivity contribution < 1.29 is 18.4 Å². The standard InChI is InChI=1S/C21H25N5O4/c1-4-11-26(14-19-23-24-20(30-19)17-6-5-12-29-17)13-18(27)22-16-9-7-15(8-10-16)21(28)25(2)3/h5-10,12H,4,11,13-14H2,1-3H3,(H,22,27). The van der Waals surface area contributed by atoms with Gasteiger partial charge in [-0.15, -0.1) is 10.2 Å². The minimum absolute atomic E-state index is 0.0875. The van der Waals surface area contributed by atoms with Gasteiger partial charge in [-0.3, -0.25) is 14.5 Å². The van der Waals surface area contributed by atoms with E-state index in [0.717, 1.165) is 6.42 Å². The van der Waals surface area contributed by atoms with E-state index in [2.05, 4.69) is 15.5 Å². The van der Waals surface area contributed by atoms with Gasteiger partial charge in [0.2, 0.25) is 11.8 Å². The number of hydrogen-bond donors (Lipinski definition) is 1. The summed E-state index contributed by atoms with van der Waals surface area (Å²) >= 11 is 0. The molecular weight excluding hydrogens is 386 g/mol. The van der Waals surface area contributed by atoms with Gasteiger partial charge in [-0.1, -0.05) is 6.92 Å². The zero-order valence-corrected chi connectivity index (χ0v) is 17.3. The summed E-state index contributed by atoms with van der Waals surface area (Å²) in [7, 11) is 3.39. The Morgan fingerprint density at radius 3 is 2.50 bits per heavy atom. The van der Waals surface area contributed by atoms with Crippen LogP contribution in [0, 0.1) is 0 Å². The summed E-state index contributed by atoms with van der Waals surface area (Å²) in [5.74, 6) is 0.971. The summed E-state index contributed by atoms with van der Waals surface area (Å²) in [6.07, 6.45) is 2.41. The van der Waals surface area contributed by atoms with Gasteiger partial charge in [0.15, 0.2) is 5.76 Å². The molecule has 2 amide bonds. The van der Waals surface area contributed by atoms with Crippen LogP contribution in [0.15, 0.2) is 51.5 Å². The van der Waals surface area contributed by atoms with Crippen LogP contribution in [0.3, 0.4) is 0 Å². The van der Waals surface area contributed by atoms with E-state index in [1.165, 1.54) is 11.2 Å². The van der Waals surface area contributed by atoms with E-state index in [1.54, 1.807) is 50.5 Å². The number of amides is 2. The van der Waals surface area contributed by atoms with Gasteiger partial charge in [0.25, 0.3) is 11.8 Å². The molecule has 0 fully saturated rings. The molecule has 2 aromatic heterocycles. The maximum Gasteiger partial charge on any atom is 0.283 e. The van der Waals surface area contributed by atoms with Gasteiger partial charge in [-0.05, 0) is 49.4 Å². The maximum absolute atomic E-state index is 12.5. The Labute approximate surface area is 174 Å². The second-order valence-electron chi connectivity index (χ2n) is 7.01. The molecule has 0 aliphatic heterocycles. The predicted molar refractivity (Wildman–Crippen MR) is 111 cm³/mol. The zero-order valence-electron chi connectivity index (χ0n) is 17.3. The normalized spacial score (nSPS) is 10.9. The molecule has 9 heteroatoms. The van der Waals surface area contributed by atoms with Crippen LogP contribution in [0.25, 0.3) is 11.7 Å². The Morgan fingerprint density at radius 2 is 1.87 bits per heavy atom. The van der Waals surface area contributed by atoms with Crippen LogP contribution in [-0.2, 0) is 11.3 Å². The molecule has 0 bridgehead atoms. The highest BCUT2D eigenvalue weighted by Gasteiger charge is 2.17. The first-order valence-corrected chi connectivity index (χ1v) is 9.66. The number of carbonyl (C=O) groups excluding carboxylic acids is 2. The lowest BCUT2D eigenvalue weighted by molar-refractivity contribution is -0.117. The van der Waals surface area contributed by atoms with Crippen LogP contribution < -0.4 is 5.32 Å². The highest BCUT2D eigenvalue weighted by Crippen LogP contribution is 2.18. The number of nitrogens with one attached hydrogen (secondary N) is 1. The number of furan rings is 1. The van der Waals surface area contributed by atoms with Crippen molar-refractivity contribution in [1.29, 1.82) is 0 Å². The second-order valence-corrected chi connectivity index (χ2v) is 7.01. The van der Waals surface area contributed by atoms with Crippen LogP contribution in [0.2, 0.25) is 0 Å². The molecule has 30 heavy (non-hydrogen) atoms. The number of anilines is 1. The van der Waals surface area contributed by atoms with E-state index in [0.29, 0.717) is 41.9 Å². The molecule has 158 valence electrons. The Morgan fingerprint density at radius 1 is 1.10 bits per heavy atom. The number of benzene rings is 1. The molecule has 0 atom stereocenters. The molecule has 0 aliphatic rings. The third kappa shape index (κ3) is 5.54. The Kier molecular flexibility index (Phi) is 6.97. The molecular formula is C21H25N5O4. The van der Waals surface area contributed by atoms with Gasteiger partial charge in [0, 0.05) is 25.3 Å². The molecule has 0 unspecified atom stereocenters. The van der Waals surface area contributed by atoms with Crippen molar-refractivity contribution in [2.45, 2.75) is 19.9 Å². The molecule has 0 saturated carbocycles. The lowest BCUT2D eigenvalue weighted by Gasteiger charge is -2.19. The summed E-state index contributed by atoms with van der Waals surface area (Å²) in [4.78, 5) is 27.9. The van der Waals surface area contributed by atoms with Crippen molar-refractivity contribution in [3.63, 3.8) is 0 Å². The Bertz CT molecular complexity index is 964. The summed E-state index contributed by atoms with van der Waals surface area (Å²) in [6, 6.07) is 10.3. The second kappa shape index (κ2) is 9.84. The van der Waals surface area contributed by atoms with Crippen LogP contribution >= 0.6 is 0 Å². The highest BCUT2D eigenvalue weighted by atomic mass is 16.4. The Balaban J connectivity index is 1.58. The van der Waals surface area contributed by atoms with E-state index in [-0.39, 0.29) is 18.4 Å². The first kappa shape index (κ1) is 21.3. The number of aromatic nitrogens is 2. The molecule has 1 aromatic carbocycles. The average Bonchev–Trinajstić information content (AvgIpc) is 3.40. The first-order chi connectivity index (χ1) is 14.5. The predicted octanol–water partition coefficient (Wildman–Crippen LogP) is 2.88. The molecule has 0 saturated heterocycles. The number of nitrogens with zero attached hydrogens (tertiary/aromatic N) is 4. The van der Waals surface area contributed by atoms with Crippen molar-refractivity contribution in [3.05, 3.63) is 54.1 Å². The smallest absolute Gasteiger partial charge is 0.283 e. The molecule has 1 N–H and O–H groups in total. The fraction of sp³-hybridized carbons (Fsp3) is 0.333. The summed E-state index contributed by atoms with van der Waals surface area (Å²) < 4.78 is 10.9. The molecule has 0 spiro atoms. The maximum atomic E-state index is 12.5. The van der Waals surface area contributed by atoms with Gasteiger partial charge in [-0.2, -0.15) is 0 Å². The third-order valence-corrected chi connectivity index (χ3v) is 4.29. The van der Waals surface area contributed by atoms with Gasteiger partial charge in [-0.25, -0.2) is 0 Å². The van der Waals surface area contributed by atoms with E-state index < -0.39 is 0 Å². The minimum atomic E-state index is -0.166. The molecule has 3 rings (SSSR count). The van der Waals surface area contributed by atoms with Gasteiger partial charge >= 0.3 is 0 Å². The number of hydrogen-bond acceptors (Lipinski definition) is 7. The number of carbonyl (C=O) groups is 2. The van der Waals surface area contributed by atoms with Crippen LogP contribution in [0.1, 0.15) is 29.6 Å². The summed E-state index contributed by atoms with van der Waals surface area (Å²) in [5, 5.41) is 10.9. The monoisotopic (exact) mass is 411 g/mol. The lowest BCUT2D eigenvalue weighted by atomic mass is 10.2. The largest absolute Gasteiger partial charge is 0.459 e. The van der Waals surface area contributed by atoms with Crippen molar-refractivity contribution in [3.8, 4) is 11.7 Å². The van der Waals surface area contributed by atoms with Crippen LogP contribution in [0.5, 0.6) is 0 Å². The minimum Gasteiger partial charge on any atom is -0.459 e. The molecule has 0 radical (unpaired) electrons. The summed E-state index contributed by atoms with van der Waals surface area (Å²) in [5.41, 5.74) is 1.19. The fourth-order valence-electron chi connectivity index (χ4n) is 2.90. The fourth-order valence-corrected chi connectivity index (χ4v) is 2.90. The quantitative estimate of drug-likeness (QED) is 0.577. The lowest BCUT2D eigenvalue weighted by Crippen LogP contribution is -2.33. The van der Waals surface area contributed by atoms with Crippen molar-refractivity contribution >= 4 is 17.5 Å². The van der Waals surface area contributed by atoms with E-state index >= 15 is 0 Å². The summed E-state index contributed by atoms with van der Waals surface area (Å²) in [6.45, 7) is 3.26. The van der Waals surface area contributed by atoms with Crippen molar-refractivity contribution in [2.75, 3.05) is 32.5 Å². The van der Waals surface area contributed by atoms with Gasteiger partial charge in [0.05, 0.1) is 19.4 Å². The molecule has 3 aromatic rings.